The number of amides is 1. The first kappa shape index (κ1) is 14.3. The molecule has 0 saturated carbocycles. The molecule has 2 aromatic carbocycles. The Hall–Kier alpha value is -2.27. The van der Waals surface area contributed by atoms with Gasteiger partial charge in [0, 0.05) is 30.3 Å². The third kappa shape index (κ3) is 2.41. The fourth-order valence-corrected chi connectivity index (χ4v) is 3.52. The minimum absolute atomic E-state index is 0.128. The van der Waals surface area contributed by atoms with Crippen LogP contribution in [0.1, 0.15) is 33.8 Å². The molecule has 2 aliphatic rings. The minimum atomic E-state index is -0.612. The summed E-state index contributed by atoms with van der Waals surface area (Å²) in [6.45, 7) is 2.32. The molecule has 3 nitrogen and oxygen atoms in total. The maximum atomic E-state index is 14.1. The van der Waals surface area contributed by atoms with Gasteiger partial charge in [0.05, 0.1) is 0 Å². The van der Waals surface area contributed by atoms with Crippen LogP contribution in [0.25, 0.3) is 11.1 Å². The molecule has 23 heavy (non-hydrogen) atoms. The van der Waals surface area contributed by atoms with E-state index >= 15 is 0 Å². The number of nitrogens with one attached hydrogen (secondary N) is 2. The van der Waals surface area contributed by atoms with Gasteiger partial charge in [0.1, 0.15) is 11.6 Å². The fourth-order valence-electron chi connectivity index (χ4n) is 3.52. The molecule has 2 heterocycles. The Balaban J connectivity index is 1.89. The Bertz CT molecular complexity index is 798. The Morgan fingerprint density at radius 3 is 2.70 bits per heavy atom. The van der Waals surface area contributed by atoms with Crippen molar-refractivity contribution in [2.24, 2.45) is 0 Å². The summed E-state index contributed by atoms with van der Waals surface area (Å²) in [5.74, 6) is -1.03. The number of rotatable bonds is 2. The second-order valence-corrected chi connectivity index (χ2v) is 6.09. The van der Waals surface area contributed by atoms with Crippen molar-refractivity contribution in [3.63, 3.8) is 0 Å². The van der Waals surface area contributed by atoms with E-state index in [0.717, 1.165) is 36.7 Å². The molecular formula is C18H16F2N2O. The van der Waals surface area contributed by atoms with Gasteiger partial charge in [0.15, 0.2) is 0 Å². The highest BCUT2D eigenvalue weighted by Crippen LogP contribution is 2.35. The smallest absolute Gasteiger partial charge is 0.251 e. The van der Waals surface area contributed by atoms with Gasteiger partial charge in [-0.3, -0.25) is 4.79 Å². The molecule has 0 bridgehead atoms. The highest BCUT2D eigenvalue weighted by atomic mass is 19.1. The lowest BCUT2D eigenvalue weighted by molar-refractivity contribution is 0.0966. The molecule has 2 N–H and O–H groups in total. The van der Waals surface area contributed by atoms with Crippen molar-refractivity contribution < 1.29 is 13.6 Å². The SMILES string of the molecule is O=C1NCc2c1cc(-c1ccc(F)cc1F)cc2C1CCNC1. The summed E-state index contributed by atoms with van der Waals surface area (Å²) in [6, 6.07) is 7.20. The van der Waals surface area contributed by atoms with Gasteiger partial charge in [-0.2, -0.15) is 0 Å². The zero-order chi connectivity index (χ0) is 16.0. The molecule has 0 radical (unpaired) electrons. The van der Waals surface area contributed by atoms with E-state index < -0.39 is 11.6 Å². The van der Waals surface area contributed by atoms with Gasteiger partial charge in [-0.25, -0.2) is 8.78 Å². The van der Waals surface area contributed by atoms with Crippen molar-refractivity contribution in [1.82, 2.24) is 10.6 Å². The summed E-state index contributed by atoms with van der Waals surface area (Å²) in [4.78, 5) is 12.1. The summed E-state index contributed by atoms with van der Waals surface area (Å²) in [7, 11) is 0. The van der Waals surface area contributed by atoms with Gasteiger partial charge in [-0.1, -0.05) is 6.07 Å². The van der Waals surface area contributed by atoms with Crippen molar-refractivity contribution in [3.05, 3.63) is 58.7 Å². The first-order valence-corrected chi connectivity index (χ1v) is 7.74. The summed E-state index contributed by atoms with van der Waals surface area (Å²) in [5, 5.41) is 6.16. The van der Waals surface area contributed by atoms with Gasteiger partial charge in [0.25, 0.3) is 5.91 Å². The Kier molecular flexibility index (Phi) is 3.38. The molecule has 5 heteroatoms. The van der Waals surface area contributed by atoms with E-state index in [0.29, 0.717) is 29.2 Å². The van der Waals surface area contributed by atoms with Crippen LogP contribution >= 0.6 is 0 Å². The van der Waals surface area contributed by atoms with Crippen LogP contribution in [0.15, 0.2) is 30.3 Å². The predicted molar refractivity (Wildman–Crippen MR) is 83.2 cm³/mol. The van der Waals surface area contributed by atoms with Gasteiger partial charge in [0.2, 0.25) is 0 Å². The molecule has 1 saturated heterocycles. The average Bonchev–Trinajstić information content (AvgIpc) is 3.17. The molecule has 118 valence electrons. The summed E-state index contributed by atoms with van der Waals surface area (Å²) < 4.78 is 27.3. The van der Waals surface area contributed by atoms with Crippen molar-refractivity contribution in [2.45, 2.75) is 18.9 Å². The molecule has 0 spiro atoms. The highest BCUT2D eigenvalue weighted by Gasteiger charge is 2.28. The number of hydrogen-bond acceptors (Lipinski definition) is 2. The lowest BCUT2D eigenvalue weighted by Crippen LogP contribution is -2.12. The van der Waals surface area contributed by atoms with E-state index in [1.807, 2.05) is 6.07 Å². The lowest BCUT2D eigenvalue weighted by atomic mass is 9.88. The van der Waals surface area contributed by atoms with Gasteiger partial charge < -0.3 is 10.6 Å². The first-order valence-electron chi connectivity index (χ1n) is 7.74. The van der Waals surface area contributed by atoms with Gasteiger partial charge in [-0.05, 0) is 53.8 Å². The maximum Gasteiger partial charge on any atom is 0.251 e. The van der Waals surface area contributed by atoms with Crippen LogP contribution in [0.2, 0.25) is 0 Å². The monoisotopic (exact) mass is 314 g/mol. The average molecular weight is 314 g/mol. The zero-order valence-corrected chi connectivity index (χ0v) is 12.5. The third-order valence-electron chi connectivity index (χ3n) is 4.70. The van der Waals surface area contributed by atoms with Gasteiger partial charge >= 0.3 is 0 Å². The molecule has 1 unspecified atom stereocenters. The van der Waals surface area contributed by atoms with Crippen LogP contribution in [0, 0.1) is 11.6 Å². The van der Waals surface area contributed by atoms with Crippen LogP contribution in [0.4, 0.5) is 8.78 Å². The Morgan fingerprint density at radius 1 is 1.09 bits per heavy atom. The topological polar surface area (TPSA) is 41.1 Å². The number of hydrogen-bond donors (Lipinski definition) is 2. The molecular weight excluding hydrogens is 298 g/mol. The van der Waals surface area contributed by atoms with Crippen molar-refractivity contribution in [3.8, 4) is 11.1 Å². The summed E-state index contributed by atoms with van der Waals surface area (Å²) in [5.41, 5.74) is 3.65. The second kappa shape index (κ2) is 5.42. The number of benzene rings is 2. The third-order valence-corrected chi connectivity index (χ3v) is 4.70. The Morgan fingerprint density at radius 2 is 1.96 bits per heavy atom. The van der Waals surface area contributed by atoms with E-state index in [1.54, 1.807) is 6.07 Å². The van der Waals surface area contributed by atoms with Crippen LogP contribution < -0.4 is 10.6 Å². The van der Waals surface area contributed by atoms with Crippen LogP contribution in [-0.4, -0.2) is 19.0 Å². The highest BCUT2D eigenvalue weighted by molar-refractivity contribution is 6.00. The predicted octanol–water partition coefficient (Wildman–Crippen LogP) is 2.95. The van der Waals surface area contributed by atoms with E-state index in [9.17, 15) is 13.6 Å². The quantitative estimate of drug-likeness (QED) is 0.895. The molecule has 0 aromatic heterocycles. The van der Waals surface area contributed by atoms with Crippen molar-refractivity contribution in [2.75, 3.05) is 13.1 Å². The lowest BCUT2D eigenvalue weighted by Gasteiger charge is -2.16. The molecule has 4 rings (SSSR count). The van der Waals surface area contributed by atoms with Crippen LogP contribution in [0.5, 0.6) is 0 Å². The molecule has 1 fully saturated rings. The second-order valence-electron chi connectivity index (χ2n) is 6.09. The van der Waals surface area contributed by atoms with E-state index in [1.165, 1.54) is 12.1 Å². The summed E-state index contributed by atoms with van der Waals surface area (Å²) >= 11 is 0. The van der Waals surface area contributed by atoms with Gasteiger partial charge in [-0.15, -0.1) is 0 Å². The van der Waals surface area contributed by atoms with E-state index in [2.05, 4.69) is 10.6 Å². The standard InChI is InChI=1S/C18H16F2N2O/c19-12-1-2-13(17(20)7-12)11-5-14(10-3-4-21-8-10)16-9-22-18(23)15(16)6-11/h1-2,5-7,10,21H,3-4,8-9H2,(H,22,23). The van der Waals surface area contributed by atoms with Crippen LogP contribution in [-0.2, 0) is 6.54 Å². The number of carbonyl (C=O) groups excluding carboxylic acids is 1. The molecule has 0 aliphatic carbocycles. The molecule has 2 aromatic rings. The zero-order valence-electron chi connectivity index (χ0n) is 12.5. The molecule has 1 atom stereocenters. The van der Waals surface area contributed by atoms with Crippen LogP contribution in [0.3, 0.4) is 0 Å². The number of carbonyl (C=O) groups is 1. The fraction of sp³-hybridized carbons (Fsp3) is 0.278. The normalized spacial score (nSPS) is 19.7. The maximum absolute atomic E-state index is 14.1. The first-order chi connectivity index (χ1) is 11.1. The van der Waals surface area contributed by atoms with E-state index in [-0.39, 0.29) is 5.91 Å². The van der Waals surface area contributed by atoms with Crippen molar-refractivity contribution in [1.29, 1.82) is 0 Å². The molecule has 2 aliphatic heterocycles. The van der Waals surface area contributed by atoms with Crippen molar-refractivity contribution >= 4 is 5.91 Å². The molecule has 1 amide bonds. The number of halogens is 2. The van der Waals surface area contributed by atoms with E-state index in [4.69, 9.17) is 0 Å². The largest absolute Gasteiger partial charge is 0.348 e. The summed E-state index contributed by atoms with van der Waals surface area (Å²) in [6.07, 6.45) is 0.996. The minimum Gasteiger partial charge on any atom is -0.348 e. The Labute approximate surface area is 132 Å². The number of fused-ring (bicyclic) bond motifs is 1.